The monoisotopic (exact) mass is 461 g/mol. The van der Waals surface area contributed by atoms with Gasteiger partial charge in [-0.2, -0.15) is 17.6 Å². The summed E-state index contributed by atoms with van der Waals surface area (Å²) in [5.41, 5.74) is -2.90. The van der Waals surface area contributed by atoms with E-state index >= 15 is 0 Å². The number of nitrogens with one attached hydrogen (secondary N) is 1. The first-order chi connectivity index (χ1) is 14.7. The average Bonchev–Trinajstić information content (AvgIpc) is 2.95. The van der Waals surface area contributed by atoms with Crippen molar-refractivity contribution in [3.8, 4) is 5.75 Å². The van der Waals surface area contributed by atoms with Crippen LogP contribution >= 0.6 is 0 Å². The maximum atomic E-state index is 14.4. The summed E-state index contributed by atoms with van der Waals surface area (Å²) in [5, 5.41) is 9.83. The lowest BCUT2D eigenvalue weighted by Gasteiger charge is -2.32. The summed E-state index contributed by atoms with van der Waals surface area (Å²) in [7, 11) is 1.09. The number of rotatable bonds is 4. The second-order valence-electron chi connectivity index (χ2n) is 8.25. The third-order valence-corrected chi connectivity index (χ3v) is 6.32. The Labute approximate surface area is 181 Å². The zero-order valence-corrected chi connectivity index (χ0v) is 18.1. The van der Waals surface area contributed by atoms with Crippen molar-refractivity contribution >= 4 is 0 Å². The largest absolute Gasteiger partial charge is 0.493 e. The minimum Gasteiger partial charge on any atom is -0.493 e. The maximum Gasteiger partial charge on any atom is 0.417 e. The molecule has 5 nitrogen and oxygen atoms in total. The lowest BCUT2D eigenvalue weighted by atomic mass is 9.76. The predicted octanol–water partition coefficient (Wildman–Crippen LogP) is 4.84. The number of aliphatic hydroxyl groups is 1. The number of methoxy groups -OCH3 is 1. The molecule has 2 aromatic rings. The van der Waals surface area contributed by atoms with Gasteiger partial charge in [0.05, 0.1) is 13.2 Å². The van der Waals surface area contributed by atoms with Crippen LogP contribution in [-0.4, -0.2) is 29.0 Å². The molecule has 176 valence electrons. The van der Waals surface area contributed by atoms with Crippen LogP contribution in [0.3, 0.4) is 0 Å². The highest BCUT2D eigenvalue weighted by atomic mass is 19.4. The van der Waals surface area contributed by atoms with E-state index in [4.69, 9.17) is 9.47 Å². The lowest BCUT2D eigenvalue weighted by molar-refractivity contribution is -0.275. The summed E-state index contributed by atoms with van der Waals surface area (Å²) in [4.78, 5) is 15.4. The van der Waals surface area contributed by atoms with Crippen molar-refractivity contribution in [2.75, 3.05) is 7.11 Å². The van der Waals surface area contributed by atoms with Crippen LogP contribution in [0.5, 0.6) is 5.75 Å². The second-order valence-corrected chi connectivity index (χ2v) is 8.25. The van der Waals surface area contributed by atoms with Crippen molar-refractivity contribution in [2.24, 2.45) is 5.92 Å². The number of hydrogen-bond acceptors (Lipinski definition) is 4. The van der Waals surface area contributed by atoms with Crippen molar-refractivity contribution in [3.63, 3.8) is 0 Å². The second kappa shape index (κ2) is 8.15. The fraction of sp³-hybridized carbons (Fsp3) is 0.500. The normalized spacial score (nSPS) is 26.9. The van der Waals surface area contributed by atoms with Crippen LogP contribution in [0.2, 0.25) is 0 Å². The van der Waals surface area contributed by atoms with E-state index in [2.05, 4.69) is 4.98 Å². The number of hydrogen-bond donors (Lipinski definition) is 2. The molecule has 0 unspecified atom stereocenters. The summed E-state index contributed by atoms with van der Waals surface area (Å²) in [6, 6.07) is 3.03. The van der Waals surface area contributed by atoms with E-state index in [1.807, 2.05) is 0 Å². The Bertz CT molecular complexity index is 1080. The van der Waals surface area contributed by atoms with Gasteiger partial charge in [0.1, 0.15) is 6.10 Å². The van der Waals surface area contributed by atoms with Crippen molar-refractivity contribution < 1.29 is 36.5 Å². The van der Waals surface area contributed by atoms with Gasteiger partial charge in [-0.25, -0.2) is 4.39 Å². The van der Waals surface area contributed by atoms with Gasteiger partial charge in [-0.05, 0) is 26.8 Å². The van der Waals surface area contributed by atoms with Gasteiger partial charge in [0.2, 0.25) is 5.82 Å². The number of pyridine rings is 1. The molecule has 2 N–H and O–H groups in total. The first-order valence-corrected chi connectivity index (χ1v) is 9.92. The van der Waals surface area contributed by atoms with Crippen molar-refractivity contribution in [1.82, 2.24) is 4.98 Å². The SMILES string of the molecule is COc1c([C@H]2[C@H](c3cc(=O)c([C@H](C)O)c(C)[nH]3)O[C@@](C)(C(F)(F)F)[C@H]2C)ccc(F)c1F. The summed E-state index contributed by atoms with van der Waals surface area (Å²) in [6.45, 7) is 5.07. The van der Waals surface area contributed by atoms with Gasteiger partial charge in [-0.15, -0.1) is 0 Å². The van der Waals surface area contributed by atoms with Gasteiger partial charge >= 0.3 is 6.18 Å². The minimum absolute atomic E-state index is 0.0185. The van der Waals surface area contributed by atoms with Gasteiger partial charge < -0.3 is 19.6 Å². The zero-order chi connectivity index (χ0) is 24.2. The van der Waals surface area contributed by atoms with E-state index in [0.717, 1.165) is 32.2 Å². The van der Waals surface area contributed by atoms with Crippen LogP contribution in [0.1, 0.15) is 61.4 Å². The molecule has 0 spiro atoms. The number of benzene rings is 1. The first-order valence-electron chi connectivity index (χ1n) is 9.92. The molecule has 1 aromatic carbocycles. The van der Waals surface area contributed by atoms with E-state index < -0.39 is 58.6 Å². The predicted molar refractivity (Wildman–Crippen MR) is 106 cm³/mol. The topological polar surface area (TPSA) is 71.5 Å². The molecule has 0 radical (unpaired) electrons. The molecule has 0 bridgehead atoms. The molecule has 0 aliphatic carbocycles. The molecule has 10 heteroatoms. The van der Waals surface area contributed by atoms with E-state index in [-0.39, 0.29) is 22.5 Å². The molecule has 1 saturated heterocycles. The molecular weight excluding hydrogens is 437 g/mol. The highest BCUT2D eigenvalue weighted by molar-refractivity contribution is 5.42. The third kappa shape index (κ3) is 3.69. The molecule has 1 aliphatic heterocycles. The van der Waals surface area contributed by atoms with Crippen LogP contribution in [0, 0.1) is 24.5 Å². The van der Waals surface area contributed by atoms with Gasteiger partial charge in [0, 0.05) is 40.4 Å². The van der Waals surface area contributed by atoms with E-state index in [1.165, 1.54) is 20.8 Å². The van der Waals surface area contributed by atoms with Crippen LogP contribution < -0.4 is 10.2 Å². The number of alkyl halides is 3. The number of aliphatic hydroxyl groups excluding tert-OH is 1. The number of H-pyrrole nitrogens is 1. The van der Waals surface area contributed by atoms with Crippen molar-refractivity contribution in [2.45, 2.75) is 57.6 Å². The highest BCUT2D eigenvalue weighted by Crippen LogP contribution is 2.59. The number of aromatic nitrogens is 1. The summed E-state index contributed by atoms with van der Waals surface area (Å²) < 4.78 is 80.8. The molecule has 1 fully saturated rings. The zero-order valence-electron chi connectivity index (χ0n) is 18.1. The summed E-state index contributed by atoms with van der Waals surface area (Å²) in [6.07, 6.45) is -7.25. The maximum absolute atomic E-state index is 14.4. The van der Waals surface area contributed by atoms with Gasteiger partial charge in [0.25, 0.3) is 0 Å². The fourth-order valence-electron chi connectivity index (χ4n) is 4.48. The Morgan fingerprint density at radius 3 is 2.41 bits per heavy atom. The molecule has 2 heterocycles. The van der Waals surface area contributed by atoms with Gasteiger partial charge in [-0.1, -0.05) is 13.0 Å². The smallest absolute Gasteiger partial charge is 0.417 e. The molecule has 32 heavy (non-hydrogen) atoms. The minimum atomic E-state index is -4.79. The van der Waals surface area contributed by atoms with Crippen molar-refractivity contribution in [1.29, 1.82) is 0 Å². The Morgan fingerprint density at radius 1 is 1.28 bits per heavy atom. The van der Waals surface area contributed by atoms with Gasteiger partial charge in [0.15, 0.2) is 22.6 Å². The Hall–Kier alpha value is -2.46. The molecule has 1 aliphatic rings. The standard InChI is InChI=1S/C22H24F5NO4/c1-9-16(12-6-7-13(23)18(24)19(12)31-5)20(32-21(9,4)22(25,26)27)14-8-15(30)17(11(3)29)10(2)28-14/h6-9,11,16,20,29H,1-5H3,(H,28,30)/t9-,11-,16-,20-,21+/m0/s1. The number of ether oxygens (including phenoxy) is 2. The highest BCUT2D eigenvalue weighted by Gasteiger charge is 2.65. The van der Waals surface area contributed by atoms with E-state index in [1.54, 1.807) is 0 Å². The molecule has 5 atom stereocenters. The Morgan fingerprint density at radius 2 is 1.91 bits per heavy atom. The fourth-order valence-corrected chi connectivity index (χ4v) is 4.48. The molecule has 1 aromatic heterocycles. The van der Waals surface area contributed by atoms with Gasteiger partial charge in [-0.3, -0.25) is 4.79 Å². The average molecular weight is 461 g/mol. The molecule has 0 saturated carbocycles. The van der Waals surface area contributed by atoms with E-state index in [0.29, 0.717) is 0 Å². The third-order valence-electron chi connectivity index (χ3n) is 6.32. The molecular formula is C22H24F5NO4. The number of aromatic amines is 1. The Balaban J connectivity index is 2.26. The van der Waals surface area contributed by atoms with Crippen LogP contribution in [-0.2, 0) is 4.74 Å². The molecule has 0 amide bonds. The Kier molecular flexibility index (Phi) is 6.16. The van der Waals surface area contributed by atoms with Crippen molar-refractivity contribution in [3.05, 3.63) is 62.6 Å². The number of halogens is 5. The first kappa shape index (κ1) is 24.2. The lowest BCUT2D eigenvalue weighted by Crippen LogP contribution is -2.46. The number of aryl methyl sites for hydroxylation is 1. The van der Waals surface area contributed by atoms with Crippen LogP contribution in [0.4, 0.5) is 22.0 Å². The van der Waals surface area contributed by atoms with E-state index in [9.17, 15) is 31.9 Å². The summed E-state index contributed by atoms with van der Waals surface area (Å²) in [5.74, 6) is -5.46. The summed E-state index contributed by atoms with van der Waals surface area (Å²) >= 11 is 0. The quantitative estimate of drug-likeness (QED) is 0.640. The molecule has 3 rings (SSSR count). The van der Waals surface area contributed by atoms with Crippen LogP contribution in [0.25, 0.3) is 0 Å². The van der Waals surface area contributed by atoms with Crippen LogP contribution in [0.15, 0.2) is 23.0 Å².